The Bertz CT molecular complexity index is 499. The first-order valence-corrected chi connectivity index (χ1v) is 6.42. The van der Waals surface area contributed by atoms with Crippen molar-refractivity contribution in [2.45, 2.75) is 24.3 Å². The van der Waals surface area contributed by atoms with E-state index in [-0.39, 0.29) is 11.3 Å². The maximum Gasteiger partial charge on any atom is 0.241 e. The summed E-state index contributed by atoms with van der Waals surface area (Å²) in [6.45, 7) is 1.63. The van der Waals surface area contributed by atoms with Crippen LogP contribution in [0.4, 0.5) is 4.39 Å². The molecule has 0 radical (unpaired) electrons. The average molecular weight is 260 g/mol. The van der Waals surface area contributed by atoms with E-state index < -0.39 is 27.8 Å². The molecule has 1 unspecified atom stereocenters. The van der Waals surface area contributed by atoms with E-state index in [1.807, 2.05) is 0 Å². The molecular weight excluding hydrogens is 247 g/mol. The van der Waals surface area contributed by atoms with Crippen molar-refractivity contribution in [1.82, 2.24) is 4.72 Å². The standard InChI is InChI=1S/C10H13FN2O3S/c1-2-9(10(12)14)13-17(15,16)8-5-3-7(11)4-6-8/h3-6,9,13H,2H2,1H3,(H2,12,14). The highest BCUT2D eigenvalue weighted by atomic mass is 32.2. The van der Waals surface area contributed by atoms with Gasteiger partial charge in [0.1, 0.15) is 11.9 Å². The van der Waals surface area contributed by atoms with Crippen molar-refractivity contribution in [3.8, 4) is 0 Å². The number of carbonyl (C=O) groups is 1. The molecule has 0 bridgehead atoms. The molecule has 0 aliphatic heterocycles. The Hall–Kier alpha value is -1.47. The SMILES string of the molecule is CCC(NS(=O)(=O)c1ccc(F)cc1)C(N)=O. The fourth-order valence-electron chi connectivity index (χ4n) is 1.21. The number of hydrogen-bond donors (Lipinski definition) is 2. The summed E-state index contributed by atoms with van der Waals surface area (Å²) in [7, 11) is -3.85. The minimum atomic E-state index is -3.85. The molecule has 1 amide bonds. The molecule has 3 N–H and O–H groups in total. The predicted octanol–water partition coefficient (Wildman–Crippen LogP) is 0.368. The van der Waals surface area contributed by atoms with E-state index >= 15 is 0 Å². The number of halogens is 1. The molecule has 0 aromatic heterocycles. The van der Waals surface area contributed by atoms with Gasteiger partial charge in [-0.25, -0.2) is 12.8 Å². The van der Waals surface area contributed by atoms with Crippen molar-refractivity contribution >= 4 is 15.9 Å². The first-order valence-electron chi connectivity index (χ1n) is 4.94. The number of carbonyl (C=O) groups excluding carboxylic acids is 1. The second-order valence-corrected chi connectivity index (χ2v) is 5.15. The number of hydrogen-bond acceptors (Lipinski definition) is 3. The molecule has 17 heavy (non-hydrogen) atoms. The Morgan fingerprint density at radius 2 is 1.94 bits per heavy atom. The lowest BCUT2D eigenvalue weighted by Crippen LogP contribution is -2.43. The van der Waals surface area contributed by atoms with Gasteiger partial charge in [-0.3, -0.25) is 4.79 Å². The van der Waals surface area contributed by atoms with Crippen molar-refractivity contribution in [1.29, 1.82) is 0 Å². The van der Waals surface area contributed by atoms with E-state index in [9.17, 15) is 17.6 Å². The summed E-state index contributed by atoms with van der Waals surface area (Å²) in [5.41, 5.74) is 5.03. The van der Waals surface area contributed by atoms with Gasteiger partial charge in [0.05, 0.1) is 4.90 Å². The van der Waals surface area contributed by atoms with Crippen LogP contribution in [0.5, 0.6) is 0 Å². The number of rotatable bonds is 5. The summed E-state index contributed by atoms with van der Waals surface area (Å²) in [5.74, 6) is -1.29. The van der Waals surface area contributed by atoms with Crippen molar-refractivity contribution in [2.24, 2.45) is 5.73 Å². The van der Waals surface area contributed by atoms with Crippen LogP contribution < -0.4 is 10.5 Å². The highest BCUT2D eigenvalue weighted by molar-refractivity contribution is 7.89. The molecule has 7 heteroatoms. The Kier molecular flexibility index (Phi) is 4.19. The molecule has 94 valence electrons. The van der Waals surface area contributed by atoms with Crippen LogP contribution in [0.1, 0.15) is 13.3 Å². The molecule has 1 aromatic carbocycles. The molecule has 0 heterocycles. The number of primary amides is 1. The van der Waals surface area contributed by atoms with Crippen molar-refractivity contribution in [3.05, 3.63) is 30.1 Å². The zero-order chi connectivity index (χ0) is 13.1. The van der Waals surface area contributed by atoms with Crippen LogP contribution in [0.2, 0.25) is 0 Å². The van der Waals surface area contributed by atoms with Crippen LogP contribution in [-0.2, 0) is 14.8 Å². The van der Waals surface area contributed by atoms with Gasteiger partial charge in [-0.15, -0.1) is 0 Å². The van der Waals surface area contributed by atoms with Crippen LogP contribution in [0, 0.1) is 5.82 Å². The minimum absolute atomic E-state index is 0.112. The second kappa shape index (κ2) is 5.24. The van der Waals surface area contributed by atoms with Crippen molar-refractivity contribution < 1.29 is 17.6 Å². The molecule has 0 aliphatic carbocycles. The van der Waals surface area contributed by atoms with Gasteiger partial charge in [0, 0.05) is 0 Å². The van der Waals surface area contributed by atoms with E-state index in [2.05, 4.69) is 4.72 Å². The van der Waals surface area contributed by atoms with Crippen LogP contribution >= 0.6 is 0 Å². The number of benzene rings is 1. The molecule has 5 nitrogen and oxygen atoms in total. The van der Waals surface area contributed by atoms with Gasteiger partial charge >= 0.3 is 0 Å². The molecule has 1 atom stereocenters. The van der Waals surface area contributed by atoms with Crippen molar-refractivity contribution in [2.75, 3.05) is 0 Å². The largest absolute Gasteiger partial charge is 0.368 e. The molecular formula is C10H13FN2O3S. The van der Waals surface area contributed by atoms with E-state index in [0.717, 1.165) is 24.3 Å². The van der Waals surface area contributed by atoms with Gasteiger partial charge in [0.15, 0.2) is 0 Å². The molecule has 1 rings (SSSR count). The summed E-state index contributed by atoms with van der Waals surface area (Å²) in [6.07, 6.45) is 0.246. The molecule has 0 saturated carbocycles. The van der Waals surface area contributed by atoms with E-state index in [1.54, 1.807) is 6.92 Å². The maximum absolute atomic E-state index is 12.6. The average Bonchev–Trinajstić information content (AvgIpc) is 2.26. The lowest BCUT2D eigenvalue weighted by atomic mass is 10.2. The fourth-order valence-corrected chi connectivity index (χ4v) is 2.50. The molecule has 0 aliphatic rings. The quantitative estimate of drug-likeness (QED) is 0.801. The summed E-state index contributed by atoms with van der Waals surface area (Å²) in [4.78, 5) is 10.8. The Balaban J connectivity index is 2.96. The summed E-state index contributed by atoms with van der Waals surface area (Å²) in [5, 5.41) is 0. The van der Waals surface area contributed by atoms with Gasteiger partial charge in [0.2, 0.25) is 15.9 Å². The zero-order valence-electron chi connectivity index (χ0n) is 9.18. The highest BCUT2D eigenvalue weighted by Gasteiger charge is 2.22. The third-order valence-corrected chi connectivity index (χ3v) is 3.66. The minimum Gasteiger partial charge on any atom is -0.368 e. The molecule has 0 fully saturated rings. The van der Waals surface area contributed by atoms with Gasteiger partial charge in [-0.1, -0.05) is 6.92 Å². The summed E-state index contributed by atoms with van der Waals surface area (Å²) in [6, 6.07) is 3.32. The van der Waals surface area contributed by atoms with Crippen LogP contribution in [0.15, 0.2) is 29.2 Å². The second-order valence-electron chi connectivity index (χ2n) is 3.44. The zero-order valence-corrected chi connectivity index (χ0v) is 10.00. The number of nitrogens with two attached hydrogens (primary N) is 1. The Morgan fingerprint density at radius 1 is 1.41 bits per heavy atom. The van der Waals surface area contributed by atoms with Gasteiger partial charge < -0.3 is 5.73 Å². The van der Waals surface area contributed by atoms with Crippen LogP contribution in [0.3, 0.4) is 0 Å². The molecule has 1 aromatic rings. The van der Waals surface area contributed by atoms with E-state index in [4.69, 9.17) is 5.73 Å². The third kappa shape index (κ3) is 3.50. The first kappa shape index (κ1) is 13.6. The lowest BCUT2D eigenvalue weighted by Gasteiger charge is -2.13. The summed E-state index contributed by atoms with van der Waals surface area (Å²) >= 11 is 0. The molecule has 0 spiro atoms. The summed E-state index contributed by atoms with van der Waals surface area (Å²) < 4.78 is 38.3. The van der Waals surface area contributed by atoms with Crippen LogP contribution in [-0.4, -0.2) is 20.4 Å². The van der Waals surface area contributed by atoms with E-state index in [1.165, 1.54) is 0 Å². The number of nitrogens with one attached hydrogen (secondary N) is 1. The lowest BCUT2D eigenvalue weighted by molar-refractivity contribution is -0.119. The van der Waals surface area contributed by atoms with Gasteiger partial charge in [0.25, 0.3) is 0 Å². The van der Waals surface area contributed by atoms with Crippen molar-refractivity contribution in [3.63, 3.8) is 0 Å². The monoisotopic (exact) mass is 260 g/mol. The normalized spacial score (nSPS) is 13.3. The third-order valence-electron chi connectivity index (χ3n) is 2.17. The fraction of sp³-hybridized carbons (Fsp3) is 0.300. The van der Waals surface area contributed by atoms with Gasteiger partial charge in [-0.2, -0.15) is 4.72 Å². The van der Waals surface area contributed by atoms with E-state index in [0.29, 0.717) is 0 Å². The van der Waals surface area contributed by atoms with Gasteiger partial charge in [-0.05, 0) is 30.7 Å². The Morgan fingerprint density at radius 3 is 2.35 bits per heavy atom. The smallest absolute Gasteiger partial charge is 0.241 e. The maximum atomic E-state index is 12.6. The Labute approximate surface area is 98.9 Å². The topological polar surface area (TPSA) is 89.3 Å². The molecule has 0 saturated heterocycles. The first-order chi connectivity index (χ1) is 7.86. The predicted molar refractivity (Wildman–Crippen MR) is 60.0 cm³/mol. The highest BCUT2D eigenvalue weighted by Crippen LogP contribution is 2.10. The van der Waals surface area contributed by atoms with Crippen LogP contribution in [0.25, 0.3) is 0 Å². The number of sulfonamides is 1. The number of amides is 1.